The van der Waals surface area contributed by atoms with Crippen LogP contribution < -0.4 is 10.6 Å². The zero-order chi connectivity index (χ0) is 22.6. The SMILES string of the molecule is [2H][C@]1(c2ccccc2)N(P(=O)(c2ccccc2)c2ccccc2)[C@]1(C)C1=NC(C)(C)CO1. The van der Waals surface area contributed by atoms with Crippen molar-refractivity contribution in [3.05, 3.63) is 96.6 Å². The Bertz CT molecular complexity index is 1170. The molecule has 3 atom stereocenters. The zero-order valence-corrected chi connectivity index (χ0v) is 18.9. The fourth-order valence-electron chi connectivity index (χ4n) is 4.41. The summed E-state index contributed by atoms with van der Waals surface area (Å²) in [6, 6.07) is 27.3. The largest absolute Gasteiger partial charge is 0.477 e. The van der Waals surface area contributed by atoms with Gasteiger partial charge >= 0.3 is 0 Å². The van der Waals surface area contributed by atoms with Crippen molar-refractivity contribution in [1.82, 2.24) is 4.67 Å². The Morgan fingerprint density at radius 2 is 1.39 bits per heavy atom. The van der Waals surface area contributed by atoms with E-state index in [1.54, 1.807) is 0 Å². The maximum absolute atomic E-state index is 15.2. The number of nitrogens with zero attached hydrogens (tertiary/aromatic N) is 2. The summed E-state index contributed by atoms with van der Waals surface area (Å²) >= 11 is 0. The van der Waals surface area contributed by atoms with Gasteiger partial charge < -0.3 is 4.74 Å². The average Bonchev–Trinajstić information content (AvgIpc) is 3.12. The second kappa shape index (κ2) is 7.19. The van der Waals surface area contributed by atoms with E-state index in [2.05, 4.69) is 0 Å². The lowest BCUT2D eigenvalue weighted by Crippen LogP contribution is -2.30. The van der Waals surface area contributed by atoms with Crippen molar-refractivity contribution < 1.29 is 10.7 Å². The second-order valence-electron chi connectivity index (χ2n) is 8.86. The van der Waals surface area contributed by atoms with E-state index in [-0.39, 0.29) is 5.54 Å². The Morgan fingerprint density at radius 3 is 1.84 bits per heavy atom. The minimum atomic E-state index is -3.40. The zero-order valence-electron chi connectivity index (χ0n) is 19.0. The van der Waals surface area contributed by atoms with E-state index in [0.717, 1.165) is 5.56 Å². The number of rotatable bonds is 5. The van der Waals surface area contributed by atoms with Gasteiger partial charge in [0.15, 0.2) is 0 Å². The third kappa shape index (κ3) is 3.17. The molecular weight excluding hydrogens is 403 g/mol. The molecule has 3 aromatic carbocycles. The first kappa shape index (κ1) is 19.0. The van der Waals surface area contributed by atoms with Gasteiger partial charge in [-0.1, -0.05) is 66.7 Å². The van der Waals surface area contributed by atoms with Crippen molar-refractivity contribution >= 4 is 23.8 Å². The summed E-state index contributed by atoms with van der Waals surface area (Å²) in [5, 5.41) is 1.39. The topological polar surface area (TPSA) is 41.7 Å². The van der Waals surface area contributed by atoms with Gasteiger partial charge in [-0.2, -0.15) is 0 Å². The number of aliphatic imine (C=N–C) groups is 1. The van der Waals surface area contributed by atoms with Crippen LogP contribution in [0, 0.1) is 0 Å². The van der Waals surface area contributed by atoms with Gasteiger partial charge in [0.2, 0.25) is 13.2 Å². The number of hydrogen-bond acceptors (Lipinski definition) is 3. The lowest BCUT2D eigenvalue weighted by Gasteiger charge is -2.24. The molecule has 5 rings (SSSR count). The minimum absolute atomic E-state index is 0.381. The molecule has 2 aliphatic rings. The Balaban J connectivity index is 1.77. The maximum atomic E-state index is 15.2. The number of benzene rings is 3. The van der Waals surface area contributed by atoms with Crippen LogP contribution in [0.25, 0.3) is 0 Å². The van der Waals surface area contributed by atoms with Crippen LogP contribution in [0.3, 0.4) is 0 Å². The van der Waals surface area contributed by atoms with Crippen LogP contribution in [0.1, 0.15) is 33.7 Å². The highest BCUT2D eigenvalue weighted by atomic mass is 31.2. The Morgan fingerprint density at radius 1 is 0.903 bits per heavy atom. The normalized spacial score (nSPS) is 29.6. The molecule has 0 aromatic heterocycles. The summed E-state index contributed by atoms with van der Waals surface area (Å²) in [6.07, 6.45) is 0. The molecule has 2 aliphatic heterocycles. The molecule has 0 amide bonds. The van der Waals surface area contributed by atoms with Gasteiger partial charge in [0.05, 0.1) is 12.9 Å². The first-order valence-electron chi connectivity index (χ1n) is 11.1. The van der Waals surface area contributed by atoms with E-state index in [1.807, 2.05) is 116 Å². The maximum Gasteiger partial charge on any atom is 0.208 e. The highest BCUT2D eigenvalue weighted by Gasteiger charge is 2.72. The van der Waals surface area contributed by atoms with E-state index < -0.39 is 18.8 Å². The molecule has 1 saturated heterocycles. The molecule has 0 bridgehead atoms. The predicted molar refractivity (Wildman–Crippen MR) is 127 cm³/mol. The van der Waals surface area contributed by atoms with Crippen molar-refractivity contribution in [2.24, 2.45) is 4.99 Å². The van der Waals surface area contributed by atoms with Crippen LogP contribution in [-0.2, 0) is 9.30 Å². The quantitative estimate of drug-likeness (QED) is 0.425. The standard InChI is InChI=1S/C26H27N2O2P/c1-25(2)19-30-24(27-25)26(3)23(20-13-7-4-8-14-20)28(26)31(29,21-15-9-5-10-16-21)22-17-11-6-12-18-22/h4-18,23H,19H2,1-3H3/t23-,26+,28?/m1/s1/i23D. The molecule has 0 radical (unpaired) electrons. The van der Waals surface area contributed by atoms with Crippen LogP contribution in [0.15, 0.2) is 96.0 Å². The molecule has 0 saturated carbocycles. The summed E-state index contributed by atoms with van der Waals surface area (Å²) in [7, 11) is -3.40. The van der Waals surface area contributed by atoms with Gasteiger partial charge in [-0.05, 0) is 50.6 Å². The van der Waals surface area contributed by atoms with Crippen molar-refractivity contribution in [1.29, 1.82) is 0 Å². The minimum Gasteiger partial charge on any atom is -0.477 e. The van der Waals surface area contributed by atoms with Crippen molar-refractivity contribution in [2.45, 2.75) is 37.9 Å². The second-order valence-corrected chi connectivity index (χ2v) is 11.4. The Kier molecular flexibility index (Phi) is 4.41. The van der Waals surface area contributed by atoms with Gasteiger partial charge in [-0.25, -0.2) is 9.66 Å². The molecular formula is C26H27N2O2P. The summed E-state index contributed by atoms with van der Waals surface area (Å²) in [4.78, 5) is 4.84. The van der Waals surface area contributed by atoms with Gasteiger partial charge in [0, 0.05) is 10.6 Å². The summed E-state index contributed by atoms with van der Waals surface area (Å²) in [5.74, 6) is 0.480. The van der Waals surface area contributed by atoms with Crippen molar-refractivity contribution in [2.75, 3.05) is 6.61 Å². The van der Waals surface area contributed by atoms with E-state index in [0.29, 0.717) is 23.1 Å². The fraction of sp³-hybridized carbons (Fsp3) is 0.269. The third-order valence-electron chi connectivity index (χ3n) is 5.97. The van der Waals surface area contributed by atoms with Crippen LogP contribution >= 0.6 is 7.29 Å². The van der Waals surface area contributed by atoms with Gasteiger partial charge in [-0.3, -0.25) is 4.57 Å². The molecule has 1 unspecified atom stereocenters. The van der Waals surface area contributed by atoms with Crippen LogP contribution in [0.4, 0.5) is 0 Å². The monoisotopic (exact) mass is 431 g/mol. The first-order valence-corrected chi connectivity index (χ1v) is 12.2. The molecule has 158 valence electrons. The molecule has 3 aromatic rings. The van der Waals surface area contributed by atoms with E-state index >= 15 is 4.57 Å². The van der Waals surface area contributed by atoms with Crippen LogP contribution in [0.5, 0.6) is 0 Å². The third-order valence-corrected chi connectivity index (χ3v) is 9.13. The van der Waals surface area contributed by atoms with E-state index in [4.69, 9.17) is 9.73 Å². The van der Waals surface area contributed by atoms with E-state index in [9.17, 15) is 1.37 Å². The van der Waals surface area contributed by atoms with Gasteiger partial charge in [-0.15, -0.1) is 0 Å². The molecule has 2 heterocycles. The summed E-state index contributed by atoms with van der Waals surface area (Å²) < 4.78 is 32.8. The molecule has 0 spiro atoms. The molecule has 31 heavy (non-hydrogen) atoms. The Hall–Kier alpha value is -2.68. The summed E-state index contributed by atoms with van der Waals surface area (Å²) in [6.45, 7) is 6.40. The highest BCUT2D eigenvalue weighted by Crippen LogP contribution is 2.70. The smallest absolute Gasteiger partial charge is 0.208 e. The number of hydrogen-bond donors (Lipinski definition) is 0. The van der Waals surface area contributed by atoms with Crippen molar-refractivity contribution in [3.8, 4) is 0 Å². The number of ether oxygens (including phenoxy) is 1. The molecule has 5 heteroatoms. The fourth-order valence-corrected chi connectivity index (χ4v) is 7.61. The van der Waals surface area contributed by atoms with E-state index in [1.165, 1.54) is 0 Å². The first-order chi connectivity index (χ1) is 15.2. The summed E-state index contributed by atoms with van der Waals surface area (Å²) in [5.41, 5.74) is -0.595. The lowest BCUT2D eigenvalue weighted by atomic mass is 10.0. The molecule has 0 aliphatic carbocycles. The molecule has 0 N–H and O–H groups in total. The van der Waals surface area contributed by atoms with Crippen LogP contribution in [0.2, 0.25) is 0 Å². The van der Waals surface area contributed by atoms with Gasteiger partial charge in [0.25, 0.3) is 0 Å². The van der Waals surface area contributed by atoms with Crippen LogP contribution in [-0.4, -0.2) is 28.3 Å². The Labute approximate surface area is 185 Å². The molecule has 1 fully saturated rings. The predicted octanol–water partition coefficient (Wildman–Crippen LogP) is 4.94. The average molecular weight is 431 g/mol. The molecule has 4 nitrogen and oxygen atoms in total. The highest BCUT2D eigenvalue weighted by molar-refractivity contribution is 7.77. The van der Waals surface area contributed by atoms with Crippen molar-refractivity contribution in [3.63, 3.8) is 0 Å². The van der Waals surface area contributed by atoms with Gasteiger partial charge in [0.1, 0.15) is 12.1 Å². The lowest BCUT2D eigenvalue weighted by molar-refractivity contribution is 0.267.